The summed E-state index contributed by atoms with van der Waals surface area (Å²) in [6.07, 6.45) is 0. The van der Waals surface area contributed by atoms with Gasteiger partial charge in [-0.1, -0.05) is 29.8 Å². The fourth-order valence-corrected chi connectivity index (χ4v) is 2.70. The van der Waals surface area contributed by atoms with E-state index in [1.807, 2.05) is 6.07 Å². The summed E-state index contributed by atoms with van der Waals surface area (Å²) in [6.45, 7) is 9.77. The zero-order valence-corrected chi connectivity index (χ0v) is 16.3. The Labute approximate surface area is 157 Å². The molecule has 0 aromatic heterocycles. The number of benzene rings is 2. The lowest BCUT2D eigenvalue weighted by atomic mass is 9.97. The van der Waals surface area contributed by atoms with Crippen molar-refractivity contribution in [3.63, 3.8) is 0 Å². The average molecular weight is 358 g/mol. The lowest BCUT2D eigenvalue weighted by Crippen LogP contribution is -2.12. The van der Waals surface area contributed by atoms with Gasteiger partial charge in [-0.25, -0.2) is 0 Å². The molecule has 0 aliphatic carbocycles. The maximum atomic E-state index is 5.84. The van der Waals surface area contributed by atoms with Gasteiger partial charge in [-0.3, -0.25) is 0 Å². The molecule has 0 radical (unpaired) electrons. The van der Waals surface area contributed by atoms with E-state index >= 15 is 0 Å². The third kappa shape index (κ3) is 6.45. The number of ether oxygens (including phenoxy) is 4. The number of rotatable bonds is 11. The molecule has 2 aromatic rings. The van der Waals surface area contributed by atoms with Gasteiger partial charge in [0.25, 0.3) is 0 Å². The second kappa shape index (κ2) is 11.0. The molecule has 0 amide bonds. The fraction of sp³-hybridized carbons (Fsp3) is 0.455. The number of aryl methyl sites for hydroxylation is 3. The predicted octanol–water partition coefficient (Wildman–Crippen LogP) is 4.34. The standard InChI is InChI=1S/C22H30O4/c1-17-5-6-18(2)21(15-17)20-7-8-22(19(3)16-20)26-14-13-25-12-11-24-10-9-23-4/h5-8,15-16H,9-14H2,1-4H3. The van der Waals surface area contributed by atoms with E-state index in [0.717, 1.165) is 11.3 Å². The molecule has 0 unspecified atom stereocenters. The van der Waals surface area contributed by atoms with Gasteiger partial charge < -0.3 is 18.9 Å². The Morgan fingerprint density at radius 2 is 1.38 bits per heavy atom. The molecular formula is C22H30O4. The fourth-order valence-electron chi connectivity index (χ4n) is 2.70. The minimum absolute atomic E-state index is 0.529. The van der Waals surface area contributed by atoms with E-state index in [4.69, 9.17) is 18.9 Å². The summed E-state index contributed by atoms with van der Waals surface area (Å²) in [5, 5.41) is 0. The van der Waals surface area contributed by atoms with Gasteiger partial charge in [0.15, 0.2) is 0 Å². The van der Waals surface area contributed by atoms with Crippen molar-refractivity contribution in [1.82, 2.24) is 0 Å². The maximum absolute atomic E-state index is 5.84. The summed E-state index contributed by atoms with van der Waals surface area (Å²) in [4.78, 5) is 0. The Morgan fingerprint density at radius 1 is 0.692 bits per heavy atom. The lowest BCUT2D eigenvalue weighted by molar-refractivity contribution is 0.0179. The first-order valence-corrected chi connectivity index (χ1v) is 9.07. The largest absolute Gasteiger partial charge is 0.491 e. The zero-order chi connectivity index (χ0) is 18.8. The molecule has 142 valence electrons. The van der Waals surface area contributed by atoms with Crippen molar-refractivity contribution in [3.8, 4) is 16.9 Å². The molecule has 4 heteroatoms. The van der Waals surface area contributed by atoms with Gasteiger partial charge in [0, 0.05) is 7.11 Å². The molecule has 0 bridgehead atoms. The van der Waals surface area contributed by atoms with Crippen LogP contribution in [0.1, 0.15) is 16.7 Å². The van der Waals surface area contributed by atoms with Crippen LogP contribution in [0, 0.1) is 20.8 Å². The van der Waals surface area contributed by atoms with Crippen molar-refractivity contribution in [3.05, 3.63) is 53.1 Å². The highest BCUT2D eigenvalue weighted by molar-refractivity contribution is 5.69. The third-order valence-corrected chi connectivity index (χ3v) is 4.17. The van der Waals surface area contributed by atoms with Crippen molar-refractivity contribution in [2.75, 3.05) is 46.8 Å². The van der Waals surface area contributed by atoms with Crippen molar-refractivity contribution >= 4 is 0 Å². The molecule has 2 aromatic carbocycles. The molecule has 2 rings (SSSR count). The van der Waals surface area contributed by atoms with Crippen LogP contribution >= 0.6 is 0 Å². The van der Waals surface area contributed by atoms with Crippen LogP contribution in [-0.2, 0) is 14.2 Å². The second-order valence-corrected chi connectivity index (χ2v) is 6.36. The smallest absolute Gasteiger partial charge is 0.122 e. The Hall–Kier alpha value is -1.88. The van der Waals surface area contributed by atoms with E-state index in [0.29, 0.717) is 39.6 Å². The highest BCUT2D eigenvalue weighted by Crippen LogP contribution is 2.29. The first-order chi connectivity index (χ1) is 12.6. The maximum Gasteiger partial charge on any atom is 0.122 e. The average Bonchev–Trinajstić information content (AvgIpc) is 2.63. The van der Waals surface area contributed by atoms with Gasteiger partial charge in [-0.2, -0.15) is 0 Å². The van der Waals surface area contributed by atoms with E-state index in [-0.39, 0.29) is 0 Å². The Balaban J connectivity index is 1.78. The first kappa shape index (κ1) is 20.4. The van der Waals surface area contributed by atoms with Crippen LogP contribution in [0.3, 0.4) is 0 Å². The molecule has 0 atom stereocenters. The number of hydrogen-bond donors (Lipinski definition) is 0. The minimum Gasteiger partial charge on any atom is -0.491 e. The van der Waals surface area contributed by atoms with Crippen LogP contribution in [0.15, 0.2) is 36.4 Å². The van der Waals surface area contributed by atoms with Gasteiger partial charge in [-0.15, -0.1) is 0 Å². The molecule has 0 spiro atoms. The van der Waals surface area contributed by atoms with Gasteiger partial charge in [0.2, 0.25) is 0 Å². The topological polar surface area (TPSA) is 36.9 Å². The molecular weight excluding hydrogens is 328 g/mol. The monoisotopic (exact) mass is 358 g/mol. The molecule has 0 saturated heterocycles. The Bertz CT molecular complexity index is 682. The summed E-state index contributed by atoms with van der Waals surface area (Å²) in [7, 11) is 1.66. The summed E-state index contributed by atoms with van der Waals surface area (Å²) in [6, 6.07) is 12.9. The van der Waals surface area contributed by atoms with Gasteiger partial charge >= 0.3 is 0 Å². The molecule has 4 nitrogen and oxygen atoms in total. The van der Waals surface area contributed by atoms with Crippen LogP contribution in [0.2, 0.25) is 0 Å². The highest BCUT2D eigenvalue weighted by Gasteiger charge is 2.06. The molecule has 0 fully saturated rings. The Morgan fingerprint density at radius 3 is 2.08 bits per heavy atom. The first-order valence-electron chi connectivity index (χ1n) is 9.07. The normalized spacial score (nSPS) is 10.9. The van der Waals surface area contributed by atoms with Crippen LogP contribution in [0.25, 0.3) is 11.1 Å². The van der Waals surface area contributed by atoms with E-state index in [9.17, 15) is 0 Å². The lowest BCUT2D eigenvalue weighted by Gasteiger charge is -2.13. The van der Waals surface area contributed by atoms with Gasteiger partial charge in [0.05, 0.1) is 33.0 Å². The second-order valence-electron chi connectivity index (χ2n) is 6.36. The molecule has 26 heavy (non-hydrogen) atoms. The van der Waals surface area contributed by atoms with Crippen molar-refractivity contribution in [2.24, 2.45) is 0 Å². The van der Waals surface area contributed by atoms with Gasteiger partial charge in [0.1, 0.15) is 12.4 Å². The van der Waals surface area contributed by atoms with E-state index in [2.05, 4.69) is 51.1 Å². The van der Waals surface area contributed by atoms with E-state index < -0.39 is 0 Å². The number of methoxy groups -OCH3 is 1. The zero-order valence-electron chi connectivity index (χ0n) is 16.3. The quantitative estimate of drug-likeness (QED) is 0.560. The summed E-state index contributed by atoms with van der Waals surface area (Å²) in [5.41, 5.74) is 6.18. The predicted molar refractivity (Wildman–Crippen MR) is 105 cm³/mol. The van der Waals surface area contributed by atoms with Crippen molar-refractivity contribution in [2.45, 2.75) is 20.8 Å². The third-order valence-electron chi connectivity index (χ3n) is 4.17. The summed E-state index contributed by atoms with van der Waals surface area (Å²) < 4.78 is 21.6. The van der Waals surface area contributed by atoms with Crippen LogP contribution in [0.4, 0.5) is 0 Å². The molecule has 0 aliphatic heterocycles. The van der Waals surface area contributed by atoms with Crippen LogP contribution in [0.5, 0.6) is 5.75 Å². The Kier molecular flexibility index (Phi) is 8.62. The van der Waals surface area contributed by atoms with Crippen LogP contribution in [-0.4, -0.2) is 46.8 Å². The van der Waals surface area contributed by atoms with Crippen molar-refractivity contribution in [1.29, 1.82) is 0 Å². The van der Waals surface area contributed by atoms with E-state index in [1.165, 1.54) is 22.3 Å². The summed E-state index contributed by atoms with van der Waals surface area (Å²) in [5.74, 6) is 0.902. The minimum atomic E-state index is 0.529. The highest BCUT2D eigenvalue weighted by atomic mass is 16.6. The SMILES string of the molecule is COCCOCCOCCOc1ccc(-c2cc(C)ccc2C)cc1C. The molecule has 0 heterocycles. The summed E-state index contributed by atoms with van der Waals surface area (Å²) >= 11 is 0. The van der Waals surface area contributed by atoms with Crippen molar-refractivity contribution < 1.29 is 18.9 Å². The van der Waals surface area contributed by atoms with Gasteiger partial charge in [-0.05, 0) is 55.2 Å². The van der Waals surface area contributed by atoms with E-state index in [1.54, 1.807) is 7.11 Å². The molecule has 0 aliphatic rings. The number of hydrogen-bond acceptors (Lipinski definition) is 4. The molecule has 0 saturated carbocycles. The molecule has 0 N–H and O–H groups in total. The van der Waals surface area contributed by atoms with Crippen LogP contribution < -0.4 is 4.74 Å².